The van der Waals surface area contributed by atoms with Crippen LogP contribution in [0.5, 0.6) is 0 Å². The first-order chi connectivity index (χ1) is 8.00. The third-order valence-corrected chi connectivity index (χ3v) is 1.17. The zero-order valence-electron chi connectivity index (χ0n) is 12.5. The van der Waals surface area contributed by atoms with Crippen LogP contribution in [0.1, 0.15) is 26.7 Å². The minimum absolute atomic E-state index is 0. The van der Waals surface area contributed by atoms with Crippen LogP contribution >= 0.6 is 0 Å². The van der Waals surface area contributed by atoms with Crippen molar-refractivity contribution in [3.05, 3.63) is 77.3 Å². The molecule has 18 heavy (non-hydrogen) atoms. The average Bonchev–Trinajstić information content (AvgIpc) is 3.14. The second-order valence-corrected chi connectivity index (χ2v) is 2.01. The number of hydrogen-bond donors (Lipinski definition) is 0. The zero-order chi connectivity index (χ0) is 13.1. The molecule has 106 valence electrons. The van der Waals surface area contributed by atoms with Crippen LogP contribution in [0.15, 0.2) is 36.5 Å². The third-order valence-electron chi connectivity index (χ3n) is 1.17. The molecule has 0 fully saturated rings. The molecule has 0 saturated heterocycles. The van der Waals surface area contributed by atoms with Crippen molar-refractivity contribution in [2.45, 2.75) is 26.7 Å². The molecule has 0 radical (unpaired) electrons. The second kappa shape index (κ2) is 43.5. The van der Waals surface area contributed by atoms with Gasteiger partial charge in [-0.3, -0.25) is 12.2 Å². The van der Waals surface area contributed by atoms with Gasteiger partial charge in [0.1, 0.15) is 0 Å². The van der Waals surface area contributed by atoms with Crippen LogP contribution in [0.4, 0.5) is 0 Å². The van der Waals surface area contributed by atoms with Crippen LogP contribution in [-0.4, -0.2) is 6.88 Å². The van der Waals surface area contributed by atoms with Gasteiger partial charge in [0.05, 0.1) is 0 Å². The van der Waals surface area contributed by atoms with Gasteiger partial charge in [0.2, 0.25) is 0 Å². The molecule has 0 aromatic heterocycles. The van der Waals surface area contributed by atoms with Crippen molar-refractivity contribution in [1.29, 1.82) is 0 Å². The van der Waals surface area contributed by atoms with E-state index in [9.17, 15) is 0 Å². The maximum absolute atomic E-state index is 3.25. The third kappa shape index (κ3) is 36.0. The van der Waals surface area contributed by atoms with E-state index >= 15 is 0 Å². The van der Waals surface area contributed by atoms with Crippen molar-refractivity contribution in [3.8, 4) is 0 Å². The summed E-state index contributed by atoms with van der Waals surface area (Å²) in [6.07, 6.45) is 20.0. The molecule has 0 nitrogen and oxygen atoms in total. The van der Waals surface area contributed by atoms with Gasteiger partial charge in [-0.1, -0.05) is 0 Å². The predicted octanol–water partition coefficient (Wildman–Crippen LogP) is 4.27. The Morgan fingerprint density at radius 3 is 1.17 bits per heavy atom. The molecule has 0 saturated carbocycles. The fourth-order valence-electron chi connectivity index (χ4n) is 0.680. The SMILES string of the molecule is [C-]1=CC=CC1.[C-]1=CC=CC1.[CH2-]C.[CH2-]C.[CH3-].[CH3-].[SiH2]=[Zr]. The Hall–Kier alpha value is 0.0600. The fraction of sp³-hybridized carbons (Fsp3) is 0.250. The van der Waals surface area contributed by atoms with Crippen molar-refractivity contribution in [3.63, 3.8) is 0 Å². The van der Waals surface area contributed by atoms with Gasteiger partial charge in [-0.25, -0.2) is 24.3 Å². The molecule has 0 heterocycles. The molecule has 0 aromatic carbocycles. The summed E-state index contributed by atoms with van der Waals surface area (Å²) in [6, 6.07) is 0. The van der Waals surface area contributed by atoms with Gasteiger partial charge in [0.15, 0.2) is 0 Å². The van der Waals surface area contributed by atoms with Crippen LogP contribution in [0, 0.1) is 40.9 Å². The first kappa shape index (κ1) is 30.8. The van der Waals surface area contributed by atoms with Crippen LogP contribution in [-0.2, 0) is 23.3 Å². The molecule has 0 aromatic rings. The molecule has 0 amide bonds. The van der Waals surface area contributed by atoms with E-state index in [1.165, 1.54) is 0 Å². The van der Waals surface area contributed by atoms with Gasteiger partial charge in [-0.2, -0.15) is 26.0 Å². The van der Waals surface area contributed by atoms with E-state index in [1.54, 1.807) is 37.2 Å². The first-order valence-electron chi connectivity index (χ1n) is 5.20. The van der Waals surface area contributed by atoms with E-state index in [4.69, 9.17) is 0 Å². The van der Waals surface area contributed by atoms with Gasteiger partial charge >= 0.3 is 30.2 Å². The monoisotopic (exact) mass is 338 g/mol. The Balaban J connectivity index is -0.0000000415. The maximum atomic E-state index is 3.25. The normalized spacial score (nSPS) is 10.6. The molecule has 2 aliphatic rings. The van der Waals surface area contributed by atoms with Gasteiger partial charge < -0.3 is 28.7 Å². The predicted molar refractivity (Wildman–Crippen MR) is 86.6 cm³/mol. The van der Waals surface area contributed by atoms with E-state index in [1.807, 2.05) is 31.2 Å². The van der Waals surface area contributed by atoms with Crippen LogP contribution in [0.25, 0.3) is 0 Å². The summed E-state index contributed by atoms with van der Waals surface area (Å²) in [5.74, 6) is 0. The van der Waals surface area contributed by atoms with Crippen molar-refractivity contribution >= 4 is 6.88 Å². The average molecular weight is 340 g/mol. The summed E-state index contributed by atoms with van der Waals surface area (Å²) in [4.78, 5) is 0. The molecular formula is C16H28SiZr-6. The number of rotatable bonds is 0. The van der Waals surface area contributed by atoms with Crippen molar-refractivity contribution in [2.24, 2.45) is 0 Å². The summed E-state index contributed by atoms with van der Waals surface area (Å²) in [5.41, 5.74) is 0. The van der Waals surface area contributed by atoms with E-state index in [0.29, 0.717) is 0 Å². The molecule has 2 rings (SSSR count). The zero-order valence-corrected chi connectivity index (χ0v) is 16.4. The molecule has 0 bridgehead atoms. The molecular weight excluding hydrogens is 311 g/mol. The van der Waals surface area contributed by atoms with Crippen LogP contribution < -0.4 is 0 Å². The molecule has 2 heteroatoms. The van der Waals surface area contributed by atoms with E-state index in [2.05, 4.69) is 38.2 Å². The van der Waals surface area contributed by atoms with Crippen LogP contribution in [0.2, 0.25) is 0 Å². The Labute approximate surface area is 134 Å². The Kier molecular flexibility index (Phi) is 74.4. The Morgan fingerprint density at radius 1 is 0.833 bits per heavy atom. The standard InChI is InChI=1S/2C5H5.2C2H5.2CH3.H2Si.Zr/c2*1-2-4-5-3-1;2*1-2;;;;/h2*1-3H,4H2;2*1H2,2H3;2*1H3;1H2;/q6*-1;;. The van der Waals surface area contributed by atoms with E-state index in [-0.39, 0.29) is 14.9 Å². The number of hydrogen-bond acceptors (Lipinski definition) is 0. The van der Waals surface area contributed by atoms with Gasteiger partial charge in [-0.05, 0) is 0 Å². The second-order valence-electron chi connectivity index (χ2n) is 2.01. The molecule has 0 unspecified atom stereocenters. The molecule has 0 atom stereocenters. The van der Waals surface area contributed by atoms with Crippen molar-refractivity contribution in [2.75, 3.05) is 0 Å². The summed E-state index contributed by atoms with van der Waals surface area (Å²) in [7, 11) is 0. The topological polar surface area (TPSA) is 0 Å². The molecule has 0 N–H and O–H groups in total. The Bertz CT molecular complexity index is 161. The summed E-state index contributed by atoms with van der Waals surface area (Å²) < 4.78 is 0. The van der Waals surface area contributed by atoms with Gasteiger partial charge in [0.25, 0.3) is 0 Å². The summed E-state index contributed by atoms with van der Waals surface area (Å²) in [5, 5.41) is 0. The first-order valence-corrected chi connectivity index (χ1v) is 11.1. The quantitative estimate of drug-likeness (QED) is 0.456. The van der Waals surface area contributed by atoms with Gasteiger partial charge in [-0.15, -0.1) is 12.8 Å². The molecule has 0 spiro atoms. The minimum atomic E-state index is 0. The summed E-state index contributed by atoms with van der Waals surface area (Å²) in [6.45, 7) is 12.0. The fourth-order valence-corrected chi connectivity index (χ4v) is 0.680. The van der Waals surface area contributed by atoms with E-state index < -0.39 is 0 Å². The van der Waals surface area contributed by atoms with Crippen LogP contribution in [0.3, 0.4) is 0 Å². The van der Waals surface area contributed by atoms with Gasteiger partial charge in [0, 0.05) is 0 Å². The Morgan fingerprint density at radius 2 is 1.11 bits per heavy atom. The van der Waals surface area contributed by atoms with Crippen molar-refractivity contribution in [1.82, 2.24) is 0 Å². The van der Waals surface area contributed by atoms with E-state index in [0.717, 1.165) is 12.8 Å². The van der Waals surface area contributed by atoms with Crippen molar-refractivity contribution < 1.29 is 23.3 Å². The summed E-state index contributed by atoms with van der Waals surface area (Å²) >= 11 is 1.58. The molecule has 2 aliphatic carbocycles. The number of allylic oxidation sites excluding steroid dienone is 8. The molecule has 0 aliphatic heterocycles.